The average Bonchev–Trinajstić information content (AvgIpc) is 2.35. The van der Waals surface area contributed by atoms with Crippen molar-refractivity contribution in [2.45, 2.75) is 24.8 Å². The molecule has 0 aliphatic heterocycles. The summed E-state index contributed by atoms with van der Waals surface area (Å²) in [6.07, 6.45) is -0.585. The zero-order valence-electron chi connectivity index (χ0n) is 10.9. The zero-order chi connectivity index (χ0) is 15.3. The molecule has 1 unspecified atom stereocenters. The summed E-state index contributed by atoms with van der Waals surface area (Å²) in [5.74, 6) is -1.86. The molecular weight excluding hydrogens is 311 g/mol. The molecule has 1 atom stereocenters. The molecule has 0 heterocycles. The van der Waals surface area contributed by atoms with Gasteiger partial charge in [-0.1, -0.05) is 0 Å². The highest BCUT2D eigenvalue weighted by Crippen LogP contribution is 2.19. The van der Waals surface area contributed by atoms with E-state index in [1.54, 1.807) is 13.8 Å². The maximum Gasteiger partial charge on any atom is 0.341 e. The normalized spacial score (nSPS) is 13.0. The second-order valence-corrected chi connectivity index (χ2v) is 6.52. The van der Waals surface area contributed by atoms with E-state index in [2.05, 4.69) is 0 Å². The standard InChI is InChI=1S/C12H14ClFO5S/c1-3-18-7-8(2)19-12(15)10-6-9(20(13,16)17)4-5-11(10)14/h4-6,8H,3,7H2,1-2H3. The van der Waals surface area contributed by atoms with E-state index in [0.717, 1.165) is 18.2 Å². The molecule has 0 bridgehead atoms. The van der Waals surface area contributed by atoms with Crippen LogP contribution < -0.4 is 0 Å². The summed E-state index contributed by atoms with van der Waals surface area (Å²) >= 11 is 0. The van der Waals surface area contributed by atoms with Crippen molar-refractivity contribution < 1.29 is 27.1 Å². The van der Waals surface area contributed by atoms with Gasteiger partial charge in [-0.05, 0) is 32.0 Å². The Morgan fingerprint density at radius 1 is 1.45 bits per heavy atom. The topological polar surface area (TPSA) is 69.7 Å². The lowest BCUT2D eigenvalue weighted by Crippen LogP contribution is -2.21. The molecule has 0 spiro atoms. The molecule has 0 fully saturated rings. The minimum Gasteiger partial charge on any atom is -0.457 e. The summed E-state index contributed by atoms with van der Waals surface area (Å²) < 4.78 is 45.8. The summed E-state index contributed by atoms with van der Waals surface area (Å²) in [4.78, 5) is 11.4. The van der Waals surface area contributed by atoms with Crippen molar-refractivity contribution in [3.05, 3.63) is 29.6 Å². The molecule has 0 radical (unpaired) electrons. The lowest BCUT2D eigenvalue weighted by molar-refractivity contribution is 0.00398. The largest absolute Gasteiger partial charge is 0.457 e. The van der Waals surface area contributed by atoms with Gasteiger partial charge >= 0.3 is 5.97 Å². The number of carbonyl (C=O) groups excluding carboxylic acids is 1. The van der Waals surface area contributed by atoms with E-state index in [-0.39, 0.29) is 11.5 Å². The van der Waals surface area contributed by atoms with Gasteiger partial charge < -0.3 is 9.47 Å². The Balaban J connectivity index is 2.93. The zero-order valence-corrected chi connectivity index (χ0v) is 12.5. The predicted molar refractivity (Wildman–Crippen MR) is 70.8 cm³/mol. The second-order valence-electron chi connectivity index (χ2n) is 3.95. The van der Waals surface area contributed by atoms with Crippen LogP contribution in [0.5, 0.6) is 0 Å². The summed E-state index contributed by atoms with van der Waals surface area (Å²) in [5, 5.41) is 0. The van der Waals surface area contributed by atoms with Crippen molar-refractivity contribution in [2.24, 2.45) is 0 Å². The SMILES string of the molecule is CCOCC(C)OC(=O)c1cc(S(=O)(=O)Cl)ccc1F. The van der Waals surface area contributed by atoms with E-state index in [4.69, 9.17) is 20.2 Å². The molecule has 0 saturated heterocycles. The van der Waals surface area contributed by atoms with E-state index in [1.807, 2.05) is 0 Å². The first-order valence-electron chi connectivity index (χ1n) is 5.78. The fourth-order valence-corrected chi connectivity index (χ4v) is 2.15. The number of benzene rings is 1. The number of hydrogen-bond donors (Lipinski definition) is 0. The summed E-state index contributed by atoms with van der Waals surface area (Å²) in [6, 6.07) is 2.66. The molecule has 0 saturated carbocycles. The Hall–Kier alpha value is -1.18. The Bertz CT molecular complexity index is 588. The molecule has 8 heteroatoms. The third kappa shape index (κ3) is 4.73. The van der Waals surface area contributed by atoms with Crippen LogP contribution >= 0.6 is 10.7 Å². The molecule has 1 rings (SSSR count). The highest BCUT2D eigenvalue weighted by Gasteiger charge is 2.20. The highest BCUT2D eigenvalue weighted by molar-refractivity contribution is 8.13. The van der Waals surface area contributed by atoms with Crippen molar-refractivity contribution in [1.29, 1.82) is 0 Å². The monoisotopic (exact) mass is 324 g/mol. The summed E-state index contributed by atoms with van der Waals surface area (Å²) in [7, 11) is 1.09. The van der Waals surface area contributed by atoms with E-state index in [9.17, 15) is 17.6 Å². The molecule has 0 amide bonds. The Morgan fingerprint density at radius 3 is 2.65 bits per heavy atom. The smallest absolute Gasteiger partial charge is 0.341 e. The number of halogens is 2. The van der Waals surface area contributed by atoms with Gasteiger partial charge in [0.1, 0.15) is 11.9 Å². The number of rotatable bonds is 6. The third-order valence-electron chi connectivity index (χ3n) is 2.30. The van der Waals surface area contributed by atoms with Crippen LogP contribution in [-0.4, -0.2) is 33.7 Å². The molecule has 0 aromatic heterocycles. The molecule has 0 aliphatic carbocycles. The van der Waals surface area contributed by atoms with E-state index in [1.165, 1.54) is 0 Å². The first kappa shape index (κ1) is 16.9. The van der Waals surface area contributed by atoms with Crippen LogP contribution in [0.2, 0.25) is 0 Å². The Morgan fingerprint density at radius 2 is 2.10 bits per heavy atom. The Kier molecular flexibility index (Phi) is 5.91. The Labute approximate surface area is 121 Å². The van der Waals surface area contributed by atoms with E-state index < -0.39 is 32.5 Å². The third-order valence-corrected chi connectivity index (χ3v) is 3.66. The van der Waals surface area contributed by atoms with Crippen LogP contribution in [-0.2, 0) is 18.5 Å². The van der Waals surface area contributed by atoms with Crippen LogP contribution in [0.25, 0.3) is 0 Å². The number of carbonyl (C=O) groups is 1. The van der Waals surface area contributed by atoms with Crippen molar-refractivity contribution in [1.82, 2.24) is 0 Å². The molecule has 5 nitrogen and oxygen atoms in total. The van der Waals surface area contributed by atoms with Gasteiger partial charge in [-0.15, -0.1) is 0 Å². The fourth-order valence-electron chi connectivity index (χ4n) is 1.38. The van der Waals surface area contributed by atoms with Crippen LogP contribution in [0.1, 0.15) is 24.2 Å². The molecule has 112 valence electrons. The van der Waals surface area contributed by atoms with Gasteiger partial charge in [-0.3, -0.25) is 0 Å². The molecule has 0 N–H and O–H groups in total. The van der Waals surface area contributed by atoms with Gasteiger partial charge in [0.2, 0.25) is 0 Å². The minimum atomic E-state index is -4.05. The van der Waals surface area contributed by atoms with Crippen molar-refractivity contribution >= 4 is 25.7 Å². The van der Waals surface area contributed by atoms with E-state index in [0.29, 0.717) is 6.61 Å². The fraction of sp³-hybridized carbons (Fsp3) is 0.417. The van der Waals surface area contributed by atoms with E-state index >= 15 is 0 Å². The second kappa shape index (κ2) is 7.01. The van der Waals surface area contributed by atoms with Crippen LogP contribution in [0, 0.1) is 5.82 Å². The lowest BCUT2D eigenvalue weighted by atomic mass is 10.2. The van der Waals surface area contributed by atoms with Crippen molar-refractivity contribution in [3.8, 4) is 0 Å². The predicted octanol–water partition coefficient (Wildman–Crippen LogP) is 2.33. The van der Waals surface area contributed by atoms with Gasteiger partial charge in [0.15, 0.2) is 0 Å². The first-order chi connectivity index (χ1) is 9.25. The van der Waals surface area contributed by atoms with Gasteiger partial charge in [0.25, 0.3) is 9.05 Å². The van der Waals surface area contributed by atoms with Gasteiger partial charge in [-0.2, -0.15) is 0 Å². The highest BCUT2D eigenvalue weighted by atomic mass is 35.7. The summed E-state index contributed by atoms with van der Waals surface area (Å²) in [5.41, 5.74) is -0.491. The number of ether oxygens (including phenoxy) is 2. The lowest BCUT2D eigenvalue weighted by Gasteiger charge is -2.13. The minimum absolute atomic E-state index is 0.164. The molecule has 1 aromatic carbocycles. The molecule has 1 aromatic rings. The quantitative estimate of drug-likeness (QED) is 0.593. The van der Waals surface area contributed by atoms with Gasteiger partial charge in [0, 0.05) is 17.3 Å². The van der Waals surface area contributed by atoms with Crippen LogP contribution in [0.15, 0.2) is 23.1 Å². The molecule has 0 aliphatic rings. The number of hydrogen-bond acceptors (Lipinski definition) is 5. The number of esters is 1. The molecular formula is C12H14ClFO5S. The maximum absolute atomic E-state index is 13.5. The van der Waals surface area contributed by atoms with Gasteiger partial charge in [-0.25, -0.2) is 17.6 Å². The van der Waals surface area contributed by atoms with Crippen LogP contribution in [0.4, 0.5) is 4.39 Å². The first-order valence-corrected chi connectivity index (χ1v) is 8.09. The molecule has 20 heavy (non-hydrogen) atoms. The summed E-state index contributed by atoms with van der Waals surface area (Å²) in [6.45, 7) is 3.98. The van der Waals surface area contributed by atoms with Crippen LogP contribution in [0.3, 0.4) is 0 Å². The van der Waals surface area contributed by atoms with Crippen molar-refractivity contribution in [2.75, 3.05) is 13.2 Å². The average molecular weight is 325 g/mol. The van der Waals surface area contributed by atoms with Gasteiger partial charge in [0.05, 0.1) is 17.1 Å². The maximum atomic E-state index is 13.5. The van der Waals surface area contributed by atoms with Crippen molar-refractivity contribution in [3.63, 3.8) is 0 Å².